The van der Waals surface area contributed by atoms with Gasteiger partial charge in [-0.3, -0.25) is 9.69 Å². The van der Waals surface area contributed by atoms with E-state index in [4.69, 9.17) is 9.47 Å². The van der Waals surface area contributed by atoms with E-state index in [2.05, 4.69) is 16.8 Å². The van der Waals surface area contributed by atoms with Gasteiger partial charge in [-0.25, -0.2) is 0 Å². The van der Waals surface area contributed by atoms with E-state index in [1.807, 2.05) is 6.92 Å². The van der Waals surface area contributed by atoms with Crippen molar-refractivity contribution in [1.82, 2.24) is 9.80 Å². The van der Waals surface area contributed by atoms with Gasteiger partial charge in [-0.2, -0.15) is 0 Å². The van der Waals surface area contributed by atoms with Crippen LogP contribution >= 0.6 is 0 Å². The predicted octanol–water partition coefficient (Wildman–Crippen LogP) is 0.736. The van der Waals surface area contributed by atoms with Crippen LogP contribution in [-0.4, -0.2) is 74.4 Å². The number of piperazine rings is 1. The normalized spacial score (nSPS) is 30.2. The number of rotatable bonds is 4. The number of hydrogen-bond acceptors (Lipinski definition) is 5. The quantitative estimate of drug-likeness (QED) is 0.705. The molecule has 0 saturated carbocycles. The third kappa shape index (κ3) is 3.68. The molecule has 19 heavy (non-hydrogen) atoms. The highest BCUT2D eigenvalue weighted by molar-refractivity contribution is 5.71. The second-order valence-electron chi connectivity index (χ2n) is 5.65. The smallest absolute Gasteiger partial charge is 0.307 e. The summed E-state index contributed by atoms with van der Waals surface area (Å²) in [5, 5.41) is 0. The third-order valence-corrected chi connectivity index (χ3v) is 4.25. The maximum absolute atomic E-state index is 11.9. The fraction of sp³-hybridized carbons (Fsp3) is 0.929. The molecule has 5 heteroatoms. The molecule has 0 N–H and O–H groups in total. The lowest BCUT2D eigenvalue weighted by molar-refractivity contribution is -0.151. The summed E-state index contributed by atoms with van der Waals surface area (Å²) in [5.74, 6) is -0.0908. The highest BCUT2D eigenvalue weighted by atomic mass is 16.5. The number of nitrogens with zero attached hydrogens (tertiary/aromatic N) is 2. The first kappa shape index (κ1) is 14.8. The molecule has 2 rings (SSSR count). The zero-order valence-corrected chi connectivity index (χ0v) is 12.2. The maximum atomic E-state index is 11.9. The monoisotopic (exact) mass is 270 g/mol. The van der Waals surface area contributed by atoms with E-state index in [1.54, 1.807) is 0 Å². The first-order chi connectivity index (χ1) is 9.16. The summed E-state index contributed by atoms with van der Waals surface area (Å²) in [6.07, 6.45) is 2.53. The molecule has 0 aromatic rings. The molecular weight excluding hydrogens is 244 g/mol. The summed E-state index contributed by atoms with van der Waals surface area (Å²) >= 11 is 0. The summed E-state index contributed by atoms with van der Waals surface area (Å²) in [5.41, 5.74) is -0.133. The van der Waals surface area contributed by atoms with Gasteiger partial charge in [-0.15, -0.1) is 0 Å². The molecule has 0 amide bonds. The van der Waals surface area contributed by atoms with Crippen LogP contribution in [0.5, 0.6) is 0 Å². The van der Waals surface area contributed by atoms with Crippen LogP contribution in [-0.2, 0) is 14.3 Å². The highest BCUT2D eigenvalue weighted by Gasteiger charge is 2.41. The first-order valence-corrected chi connectivity index (χ1v) is 7.33. The van der Waals surface area contributed by atoms with E-state index >= 15 is 0 Å². The average molecular weight is 270 g/mol. The fourth-order valence-electron chi connectivity index (χ4n) is 3.10. The van der Waals surface area contributed by atoms with Crippen LogP contribution in [0.1, 0.15) is 26.2 Å². The molecule has 0 aliphatic carbocycles. The Hall–Kier alpha value is -0.650. The molecule has 1 atom stereocenters. The van der Waals surface area contributed by atoms with Crippen molar-refractivity contribution in [2.24, 2.45) is 0 Å². The lowest BCUT2D eigenvalue weighted by Crippen LogP contribution is -2.60. The second-order valence-corrected chi connectivity index (χ2v) is 5.65. The summed E-state index contributed by atoms with van der Waals surface area (Å²) in [6.45, 7) is 7.94. The molecule has 0 aromatic heterocycles. The molecule has 0 spiro atoms. The Kier molecular flexibility index (Phi) is 5.19. The van der Waals surface area contributed by atoms with Crippen LogP contribution < -0.4 is 0 Å². The Labute approximate surface area is 115 Å². The molecule has 0 radical (unpaired) electrons. The zero-order valence-electron chi connectivity index (χ0n) is 12.2. The molecule has 2 aliphatic rings. The molecule has 2 fully saturated rings. The summed E-state index contributed by atoms with van der Waals surface area (Å²) in [6, 6.07) is 0. The summed E-state index contributed by atoms with van der Waals surface area (Å²) < 4.78 is 10.8. The third-order valence-electron chi connectivity index (χ3n) is 4.25. The van der Waals surface area contributed by atoms with Crippen LogP contribution in [0.3, 0.4) is 0 Å². The minimum Gasteiger partial charge on any atom is -0.466 e. The Bertz CT molecular complexity index is 295. The van der Waals surface area contributed by atoms with Gasteiger partial charge < -0.3 is 14.4 Å². The maximum Gasteiger partial charge on any atom is 0.307 e. The van der Waals surface area contributed by atoms with Crippen LogP contribution in [0.2, 0.25) is 0 Å². The van der Waals surface area contributed by atoms with Gasteiger partial charge >= 0.3 is 5.97 Å². The van der Waals surface area contributed by atoms with Crippen LogP contribution in [0.15, 0.2) is 0 Å². The van der Waals surface area contributed by atoms with Crippen molar-refractivity contribution in [2.45, 2.75) is 31.7 Å². The van der Waals surface area contributed by atoms with Crippen LogP contribution in [0, 0.1) is 0 Å². The Morgan fingerprint density at radius 2 is 2.05 bits per heavy atom. The van der Waals surface area contributed by atoms with Gasteiger partial charge in [-0.05, 0) is 26.8 Å². The molecular formula is C14H26N2O3. The van der Waals surface area contributed by atoms with E-state index in [0.717, 1.165) is 45.6 Å². The molecule has 2 heterocycles. The van der Waals surface area contributed by atoms with Gasteiger partial charge in [0.05, 0.1) is 25.2 Å². The van der Waals surface area contributed by atoms with E-state index in [-0.39, 0.29) is 11.5 Å². The number of ether oxygens (including phenoxy) is 2. The Balaban J connectivity index is 2.03. The van der Waals surface area contributed by atoms with Crippen molar-refractivity contribution >= 4 is 5.97 Å². The minimum atomic E-state index is -0.133. The number of esters is 1. The van der Waals surface area contributed by atoms with Gasteiger partial charge in [0.15, 0.2) is 0 Å². The van der Waals surface area contributed by atoms with Gasteiger partial charge in [0, 0.05) is 32.8 Å². The first-order valence-electron chi connectivity index (χ1n) is 7.33. The van der Waals surface area contributed by atoms with Gasteiger partial charge in [0.1, 0.15) is 0 Å². The fourth-order valence-corrected chi connectivity index (χ4v) is 3.10. The van der Waals surface area contributed by atoms with Gasteiger partial charge in [0.25, 0.3) is 0 Å². The number of likely N-dealkylation sites (N-methyl/N-ethyl adjacent to an activating group) is 1. The SMILES string of the molecule is CCOC(=O)CC1(N2CCN(C)CC2)CCCOC1. The minimum absolute atomic E-state index is 0.0908. The molecule has 0 aromatic carbocycles. The molecule has 5 nitrogen and oxygen atoms in total. The van der Waals surface area contributed by atoms with Crippen LogP contribution in [0.25, 0.3) is 0 Å². The number of carbonyl (C=O) groups is 1. The zero-order chi connectivity index (χ0) is 13.7. The largest absolute Gasteiger partial charge is 0.466 e. The second kappa shape index (κ2) is 6.68. The lowest BCUT2D eigenvalue weighted by atomic mass is 9.86. The van der Waals surface area contributed by atoms with E-state index in [0.29, 0.717) is 19.6 Å². The van der Waals surface area contributed by atoms with E-state index < -0.39 is 0 Å². The van der Waals surface area contributed by atoms with Gasteiger partial charge in [0.2, 0.25) is 0 Å². The van der Waals surface area contributed by atoms with Gasteiger partial charge in [-0.1, -0.05) is 0 Å². The van der Waals surface area contributed by atoms with Crippen molar-refractivity contribution in [1.29, 1.82) is 0 Å². The van der Waals surface area contributed by atoms with Crippen molar-refractivity contribution in [3.05, 3.63) is 0 Å². The molecule has 2 aliphatic heterocycles. The number of carbonyl (C=O) groups excluding carboxylic acids is 1. The standard InChI is InChI=1S/C14H26N2O3/c1-3-19-13(17)11-14(5-4-10-18-12-14)16-8-6-15(2)7-9-16/h3-12H2,1-2H3. The van der Waals surface area contributed by atoms with E-state index in [1.165, 1.54) is 0 Å². The van der Waals surface area contributed by atoms with Crippen molar-refractivity contribution < 1.29 is 14.3 Å². The van der Waals surface area contributed by atoms with E-state index in [9.17, 15) is 4.79 Å². The molecule has 1 unspecified atom stereocenters. The average Bonchev–Trinajstić information content (AvgIpc) is 2.40. The molecule has 110 valence electrons. The molecule has 2 saturated heterocycles. The topological polar surface area (TPSA) is 42.0 Å². The lowest BCUT2D eigenvalue weighted by Gasteiger charge is -2.48. The van der Waals surface area contributed by atoms with Crippen molar-refractivity contribution in [3.63, 3.8) is 0 Å². The predicted molar refractivity (Wildman–Crippen MR) is 73.1 cm³/mol. The molecule has 0 bridgehead atoms. The van der Waals surface area contributed by atoms with Crippen molar-refractivity contribution in [2.75, 3.05) is 53.0 Å². The van der Waals surface area contributed by atoms with Crippen LogP contribution in [0.4, 0.5) is 0 Å². The summed E-state index contributed by atoms with van der Waals surface area (Å²) in [4.78, 5) is 16.7. The summed E-state index contributed by atoms with van der Waals surface area (Å²) in [7, 11) is 2.15. The Morgan fingerprint density at radius 3 is 2.63 bits per heavy atom. The number of hydrogen-bond donors (Lipinski definition) is 0. The highest BCUT2D eigenvalue weighted by Crippen LogP contribution is 2.31. The Morgan fingerprint density at radius 1 is 1.32 bits per heavy atom. The van der Waals surface area contributed by atoms with Crippen molar-refractivity contribution in [3.8, 4) is 0 Å².